The zero-order valence-electron chi connectivity index (χ0n) is 17.3. The van der Waals surface area contributed by atoms with Crippen molar-refractivity contribution in [3.8, 4) is 17.2 Å². The van der Waals surface area contributed by atoms with Crippen molar-refractivity contribution in [1.29, 1.82) is 0 Å². The summed E-state index contributed by atoms with van der Waals surface area (Å²) in [6, 6.07) is 7.81. The smallest absolute Gasteiger partial charge is 0.255 e. The minimum absolute atomic E-state index is 0.0190. The number of carbonyl (C=O) groups excluding carboxylic acids is 1. The fourth-order valence-corrected chi connectivity index (χ4v) is 3.28. The van der Waals surface area contributed by atoms with Crippen LogP contribution in [0.1, 0.15) is 47.1 Å². The van der Waals surface area contributed by atoms with Gasteiger partial charge in [-0.05, 0) is 42.7 Å². The van der Waals surface area contributed by atoms with E-state index in [-0.39, 0.29) is 24.2 Å². The molecule has 0 aliphatic rings. The standard InChI is InChI=1S/C22H21FN6O2/c1-13(2)20-18(21(30)24-11-17-8-9-31-28-17)12-26-29(20)22-25-10-14(3)19(27-22)15-4-6-16(23)7-5-15/h4-10,12-13H,11H2,1-3H3,(H,24,30). The van der Waals surface area contributed by atoms with Crippen LogP contribution in [0, 0.1) is 12.7 Å². The first-order valence-corrected chi connectivity index (χ1v) is 9.79. The van der Waals surface area contributed by atoms with Crippen LogP contribution in [0.4, 0.5) is 4.39 Å². The normalized spacial score (nSPS) is 11.1. The molecule has 3 aromatic heterocycles. The SMILES string of the molecule is Cc1cnc(-n2ncc(C(=O)NCc3ccon3)c2C(C)C)nc1-c1ccc(F)cc1. The van der Waals surface area contributed by atoms with Gasteiger partial charge in [0, 0.05) is 17.8 Å². The van der Waals surface area contributed by atoms with Crippen molar-refractivity contribution < 1.29 is 13.7 Å². The van der Waals surface area contributed by atoms with Crippen LogP contribution in [0.3, 0.4) is 0 Å². The van der Waals surface area contributed by atoms with Gasteiger partial charge >= 0.3 is 0 Å². The molecule has 31 heavy (non-hydrogen) atoms. The summed E-state index contributed by atoms with van der Waals surface area (Å²) in [5.74, 6) is -0.270. The molecule has 8 nitrogen and oxygen atoms in total. The van der Waals surface area contributed by atoms with Gasteiger partial charge in [0.25, 0.3) is 11.9 Å². The predicted octanol–water partition coefficient (Wildman–Crippen LogP) is 3.82. The van der Waals surface area contributed by atoms with E-state index in [1.54, 1.807) is 29.1 Å². The van der Waals surface area contributed by atoms with Crippen LogP contribution in [0.5, 0.6) is 0 Å². The molecule has 4 aromatic rings. The van der Waals surface area contributed by atoms with E-state index in [4.69, 9.17) is 4.52 Å². The van der Waals surface area contributed by atoms with Gasteiger partial charge in [0.2, 0.25) is 0 Å². The van der Waals surface area contributed by atoms with E-state index in [0.717, 1.165) is 11.1 Å². The van der Waals surface area contributed by atoms with Crippen molar-refractivity contribution in [3.63, 3.8) is 0 Å². The summed E-state index contributed by atoms with van der Waals surface area (Å²) in [6.07, 6.45) is 4.65. The highest BCUT2D eigenvalue weighted by molar-refractivity contribution is 5.95. The van der Waals surface area contributed by atoms with E-state index < -0.39 is 0 Å². The first kappa shape index (κ1) is 20.4. The number of aryl methyl sites for hydroxylation is 1. The summed E-state index contributed by atoms with van der Waals surface area (Å²) in [5.41, 5.74) is 4.04. The summed E-state index contributed by atoms with van der Waals surface area (Å²) in [7, 11) is 0. The first-order valence-electron chi connectivity index (χ1n) is 9.79. The number of amides is 1. The fraction of sp³-hybridized carbons (Fsp3) is 0.227. The van der Waals surface area contributed by atoms with Gasteiger partial charge in [0.05, 0.1) is 29.7 Å². The van der Waals surface area contributed by atoms with Gasteiger partial charge in [0.1, 0.15) is 17.8 Å². The summed E-state index contributed by atoms with van der Waals surface area (Å²) in [6.45, 7) is 6.07. The lowest BCUT2D eigenvalue weighted by molar-refractivity contribution is 0.0948. The summed E-state index contributed by atoms with van der Waals surface area (Å²) in [5, 5.41) is 11.0. The number of hydrogen-bond donors (Lipinski definition) is 1. The molecular formula is C22H21FN6O2. The first-order chi connectivity index (χ1) is 14.9. The van der Waals surface area contributed by atoms with Gasteiger partial charge in [0.15, 0.2) is 0 Å². The Morgan fingerprint density at radius 2 is 1.97 bits per heavy atom. The molecule has 4 rings (SSSR count). The molecule has 1 N–H and O–H groups in total. The van der Waals surface area contributed by atoms with Gasteiger partial charge in [-0.25, -0.2) is 19.0 Å². The molecule has 0 unspecified atom stereocenters. The Bertz CT molecular complexity index is 1200. The van der Waals surface area contributed by atoms with Crippen LogP contribution in [0.25, 0.3) is 17.2 Å². The molecular weight excluding hydrogens is 399 g/mol. The number of halogens is 1. The van der Waals surface area contributed by atoms with Crippen LogP contribution in [0.2, 0.25) is 0 Å². The van der Waals surface area contributed by atoms with E-state index in [1.165, 1.54) is 24.6 Å². The molecule has 0 spiro atoms. The molecule has 0 saturated carbocycles. The van der Waals surface area contributed by atoms with Gasteiger partial charge in [-0.15, -0.1) is 0 Å². The molecule has 9 heteroatoms. The molecule has 0 aliphatic carbocycles. The lowest BCUT2D eigenvalue weighted by atomic mass is 10.1. The third-order valence-electron chi connectivity index (χ3n) is 4.79. The Morgan fingerprint density at radius 3 is 2.65 bits per heavy atom. The van der Waals surface area contributed by atoms with Gasteiger partial charge in [-0.2, -0.15) is 5.10 Å². The molecule has 1 aromatic carbocycles. The largest absolute Gasteiger partial charge is 0.364 e. The molecule has 0 bridgehead atoms. The number of aromatic nitrogens is 5. The van der Waals surface area contributed by atoms with Crippen molar-refractivity contribution in [2.24, 2.45) is 0 Å². The molecule has 0 atom stereocenters. The zero-order chi connectivity index (χ0) is 22.0. The number of carbonyl (C=O) groups is 1. The van der Waals surface area contributed by atoms with E-state index in [9.17, 15) is 9.18 Å². The van der Waals surface area contributed by atoms with Crippen LogP contribution in [0.15, 0.2) is 53.5 Å². The Hall–Kier alpha value is -3.88. The molecule has 158 valence electrons. The molecule has 3 heterocycles. The predicted molar refractivity (Wildman–Crippen MR) is 111 cm³/mol. The second-order valence-corrected chi connectivity index (χ2v) is 7.39. The van der Waals surface area contributed by atoms with Crippen molar-refractivity contribution in [3.05, 3.63) is 77.3 Å². The van der Waals surface area contributed by atoms with Crippen LogP contribution in [-0.4, -0.2) is 30.8 Å². The maximum Gasteiger partial charge on any atom is 0.255 e. The molecule has 1 amide bonds. The van der Waals surface area contributed by atoms with Crippen molar-refractivity contribution in [2.75, 3.05) is 0 Å². The summed E-state index contributed by atoms with van der Waals surface area (Å²) in [4.78, 5) is 21.9. The van der Waals surface area contributed by atoms with Crippen molar-refractivity contribution in [1.82, 2.24) is 30.2 Å². The lowest BCUT2D eigenvalue weighted by Crippen LogP contribution is -2.24. The maximum absolute atomic E-state index is 13.3. The van der Waals surface area contributed by atoms with Gasteiger partial charge < -0.3 is 9.84 Å². The Labute approximate surface area is 178 Å². The second-order valence-electron chi connectivity index (χ2n) is 7.39. The fourth-order valence-electron chi connectivity index (χ4n) is 3.28. The quantitative estimate of drug-likeness (QED) is 0.509. The third-order valence-corrected chi connectivity index (χ3v) is 4.79. The topological polar surface area (TPSA) is 98.7 Å². The van der Waals surface area contributed by atoms with E-state index in [0.29, 0.717) is 28.6 Å². The second kappa shape index (κ2) is 8.47. The van der Waals surface area contributed by atoms with Crippen LogP contribution >= 0.6 is 0 Å². The Balaban J connectivity index is 1.69. The number of benzene rings is 1. The minimum Gasteiger partial charge on any atom is -0.364 e. The van der Waals surface area contributed by atoms with E-state index in [1.807, 2.05) is 20.8 Å². The molecule has 0 aliphatic heterocycles. The third kappa shape index (κ3) is 4.20. The van der Waals surface area contributed by atoms with Crippen LogP contribution in [-0.2, 0) is 6.54 Å². The van der Waals surface area contributed by atoms with Crippen molar-refractivity contribution >= 4 is 5.91 Å². The van der Waals surface area contributed by atoms with E-state index in [2.05, 4.69) is 25.5 Å². The number of nitrogens with zero attached hydrogens (tertiary/aromatic N) is 5. The van der Waals surface area contributed by atoms with Crippen molar-refractivity contribution in [2.45, 2.75) is 33.2 Å². The van der Waals surface area contributed by atoms with Crippen LogP contribution < -0.4 is 5.32 Å². The summed E-state index contributed by atoms with van der Waals surface area (Å²) < 4.78 is 19.7. The van der Waals surface area contributed by atoms with Gasteiger partial charge in [-0.3, -0.25) is 4.79 Å². The number of rotatable bonds is 6. The average Bonchev–Trinajstić information content (AvgIpc) is 3.43. The minimum atomic E-state index is -0.314. The zero-order valence-corrected chi connectivity index (χ0v) is 17.3. The lowest BCUT2D eigenvalue weighted by Gasteiger charge is -2.13. The summed E-state index contributed by atoms with van der Waals surface area (Å²) >= 11 is 0. The highest BCUT2D eigenvalue weighted by Crippen LogP contribution is 2.25. The molecule has 0 fully saturated rings. The van der Waals surface area contributed by atoms with E-state index >= 15 is 0 Å². The monoisotopic (exact) mass is 420 g/mol. The highest BCUT2D eigenvalue weighted by Gasteiger charge is 2.22. The van der Waals surface area contributed by atoms with Gasteiger partial charge in [-0.1, -0.05) is 19.0 Å². The number of hydrogen-bond acceptors (Lipinski definition) is 6. The Morgan fingerprint density at radius 1 is 1.19 bits per heavy atom. The Kier molecular flexibility index (Phi) is 5.57. The average molecular weight is 420 g/mol. The molecule has 0 radical (unpaired) electrons. The highest BCUT2D eigenvalue weighted by atomic mass is 19.1. The number of nitrogens with one attached hydrogen (secondary N) is 1. The molecule has 0 saturated heterocycles. The maximum atomic E-state index is 13.3.